The van der Waals surface area contributed by atoms with E-state index in [2.05, 4.69) is 5.32 Å². The van der Waals surface area contributed by atoms with Gasteiger partial charge in [-0.1, -0.05) is 12.1 Å². The Kier molecular flexibility index (Phi) is 5.95. The van der Waals surface area contributed by atoms with Gasteiger partial charge in [0, 0.05) is 31.1 Å². The van der Waals surface area contributed by atoms with Crippen LogP contribution in [0.15, 0.2) is 24.3 Å². The van der Waals surface area contributed by atoms with E-state index in [1.165, 1.54) is 0 Å². The normalized spacial score (nSPS) is 23.0. The van der Waals surface area contributed by atoms with Crippen molar-refractivity contribution in [1.82, 2.24) is 5.32 Å². The van der Waals surface area contributed by atoms with Crippen molar-refractivity contribution in [1.29, 1.82) is 0 Å². The van der Waals surface area contributed by atoms with E-state index in [9.17, 15) is 9.59 Å². The van der Waals surface area contributed by atoms with E-state index in [0.717, 1.165) is 11.2 Å². The highest BCUT2D eigenvalue weighted by Gasteiger charge is 2.51. The van der Waals surface area contributed by atoms with Crippen molar-refractivity contribution < 1.29 is 23.6 Å². The molecule has 1 N–H and O–H groups in total. The Morgan fingerprint density at radius 1 is 1.17 bits per heavy atom. The summed E-state index contributed by atoms with van der Waals surface area (Å²) in [5.41, 5.74) is 0.429. The number of alkyl carbamates (subject to hydrolysis) is 1. The molecule has 1 aromatic carbocycles. The van der Waals surface area contributed by atoms with Gasteiger partial charge >= 0.3 is 13.2 Å². The molecule has 0 radical (unpaired) electrons. The zero-order valence-corrected chi connectivity index (χ0v) is 19.1. The SMILES string of the molecule is CC(C)(C)OC(=O)NCC1CC(=O)N(c2ccc(B3OC(C)(C)C(C)(C)O3)cc2)C1. The first-order valence-electron chi connectivity index (χ1n) is 10.5. The summed E-state index contributed by atoms with van der Waals surface area (Å²) in [5, 5.41) is 2.76. The number of rotatable bonds is 4. The van der Waals surface area contributed by atoms with Crippen LogP contribution in [0, 0.1) is 5.92 Å². The van der Waals surface area contributed by atoms with Crippen molar-refractivity contribution in [2.24, 2.45) is 5.92 Å². The van der Waals surface area contributed by atoms with Crippen LogP contribution in [0.1, 0.15) is 54.9 Å². The monoisotopic (exact) mass is 416 g/mol. The third-order valence-corrected chi connectivity index (χ3v) is 5.87. The molecule has 0 saturated carbocycles. The van der Waals surface area contributed by atoms with Crippen molar-refractivity contribution in [2.45, 2.75) is 71.7 Å². The number of hydrogen-bond acceptors (Lipinski definition) is 5. The van der Waals surface area contributed by atoms with E-state index < -0.39 is 30.0 Å². The van der Waals surface area contributed by atoms with Gasteiger partial charge in [-0.25, -0.2) is 4.79 Å². The van der Waals surface area contributed by atoms with Crippen LogP contribution < -0.4 is 15.7 Å². The summed E-state index contributed by atoms with van der Waals surface area (Å²) in [6, 6.07) is 7.72. The molecule has 30 heavy (non-hydrogen) atoms. The molecule has 1 atom stereocenters. The van der Waals surface area contributed by atoms with Gasteiger partial charge in [-0.3, -0.25) is 4.79 Å². The molecular formula is C22H33BN2O5. The molecule has 2 aliphatic heterocycles. The fourth-order valence-electron chi connectivity index (χ4n) is 3.50. The van der Waals surface area contributed by atoms with Gasteiger partial charge in [-0.05, 0) is 66.1 Å². The molecule has 8 heteroatoms. The molecule has 2 aliphatic rings. The number of amides is 2. The largest absolute Gasteiger partial charge is 0.494 e. The average molecular weight is 416 g/mol. The number of hydrogen-bond donors (Lipinski definition) is 1. The highest BCUT2D eigenvalue weighted by Crippen LogP contribution is 2.36. The Morgan fingerprint density at radius 3 is 2.27 bits per heavy atom. The van der Waals surface area contributed by atoms with Gasteiger partial charge in [0.15, 0.2) is 0 Å². The minimum absolute atomic E-state index is 0.0489. The van der Waals surface area contributed by atoms with Crippen molar-refractivity contribution in [3.8, 4) is 0 Å². The average Bonchev–Trinajstić information content (AvgIpc) is 3.08. The second-order valence-electron chi connectivity index (χ2n) is 10.1. The van der Waals surface area contributed by atoms with E-state index in [4.69, 9.17) is 14.0 Å². The van der Waals surface area contributed by atoms with Gasteiger partial charge < -0.3 is 24.3 Å². The summed E-state index contributed by atoms with van der Waals surface area (Å²) in [7, 11) is -0.427. The molecule has 1 aromatic rings. The van der Waals surface area contributed by atoms with Gasteiger partial charge in [0.25, 0.3) is 0 Å². The zero-order chi connectivity index (χ0) is 22.3. The summed E-state index contributed by atoms with van der Waals surface area (Å²) in [6.07, 6.45) is -0.0606. The highest BCUT2D eigenvalue weighted by molar-refractivity contribution is 6.62. The molecule has 2 fully saturated rings. The lowest BCUT2D eigenvalue weighted by molar-refractivity contribution is -0.117. The van der Waals surface area contributed by atoms with E-state index in [1.807, 2.05) is 72.7 Å². The van der Waals surface area contributed by atoms with Crippen LogP contribution in [0.2, 0.25) is 0 Å². The number of nitrogens with one attached hydrogen (secondary N) is 1. The maximum absolute atomic E-state index is 12.5. The van der Waals surface area contributed by atoms with Crippen molar-refractivity contribution in [3.63, 3.8) is 0 Å². The lowest BCUT2D eigenvalue weighted by Gasteiger charge is -2.32. The Labute approximate surface area is 179 Å². The van der Waals surface area contributed by atoms with E-state index >= 15 is 0 Å². The standard InChI is InChI=1S/C22H33BN2O5/c1-20(2,3)28-19(27)24-13-15-12-18(26)25(14-15)17-10-8-16(9-11-17)23-29-21(4,5)22(6,7)30-23/h8-11,15H,12-14H2,1-7H3,(H,24,27). The second kappa shape index (κ2) is 7.89. The van der Waals surface area contributed by atoms with Crippen LogP contribution in [0.4, 0.5) is 10.5 Å². The van der Waals surface area contributed by atoms with Crippen molar-refractivity contribution in [2.75, 3.05) is 18.0 Å². The number of anilines is 1. The number of benzene rings is 1. The molecule has 7 nitrogen and oxygen atoms in total. The van der Waals surface area contributed by atoms with Crippen LogP contribution >= 0.6 is 0 Å². The molecule has 2 saturated heterocycles. The highest BCUT2D eigenvalue weighted by atomic mass is 16.7. The third-order valence-electron chi connectivity index (χ3n) is 5.87. The Balaban J connectivity index is 1.58. The lowest BCUT2D eigenvalue weighted by atomic mass is 9.79. The van der Waals surface area contributed by atoms with Crippen molar-refractivity contribution in [3.05, 3.63) is 24.3 Å². The van der Waals surface area contributed by atoms with Crippen LogP contribution in [-0.2, 0) is 18.8 Å². The molecule has 1 unspecified atom stereocenters. The fraction of sp³-hybridized carbons (Fsp3) is 0.636. The van der Waals surface area contributed by atoms with Gasteiger partial charge in [0.05, 0.1) is 11.2 Å². The number of nitrogens with zero attached hydrogens (tertiary/aromatic N) is 1. The third kappa shape index (κ3) is 4.98. The summed E-state index contributed by atoms with van der Waals surface area (Å²) >= 11 is 0. The predicted octanol–water partition coefficient (Wildman–Crippen LogP) is 2.86. The van der Waals surface area contributed by atoms with Crippen LogP contribution in [-0.4, -0.2) is 49.0 Å². The van der Waals surface area contributed by atoms with Gasteiger partial charge in [0.1, 0.15) is 5.60 Å². The number of carbonyl (C=O) groups excluding carboxylic acids is 2. The number of ether oxygens (including phenoxy) is 1. The zero-order valence-electron chi connectivity index (χ0n) is 19.1. The van der Waals surface area contributed by atoms with Crippen molar-refractivity contribution >= 4 is 30.3 Å². The van der Waals surface area contributed by atoms with E-state index in [1.54, 1.807) is 4.90 Å². The first-order chi connectivity index (χ1) is 13.8. The predicted molar refractivity (Wildman–Crippen MR) is 117 cm³/mol. The molecular weight excluding hydrogens is 383 g/mol. The Bertz CT molecular complexity index is 785. The Hall–Kier alpha value is -2.06. The molecule has 2 heterocycles. The molecule has 0 spiro atoms. The smallest absolute Gasteiger partial charge is 0.444 e. The Morgan fingerprint density at radius 2 is 1.73 bits per heavy atom. The molecule has 164 valence electrons. The van der Waals surface area contributed by atoms with E-state index in [-0.39, 0.29) is 11.8 Å². The van der Waals surface area contributed by atoms with Crippen LogP contribution in [0.25, 0.3) is 0 Å². The van der Waals surface area contributed by atoms with Gasteiger partial charge in [0.2, 0.25) is 5.91 Å². The summed E-state index contributed by atoms with van der Waals surface area (Å²) in [4.78, 5) is 26.1. The lowest BCUT2D eigenvalue weighted by Crippen LogP contribution is -2.41. The molecule has 0 bridgehead atoms. The maximum Gasteiger partial charge on any atom is 0.494 e. The topological polar surface area (TPSA) is 77.1 Å². The molecule has 3 rings (SSSR count). The molecule has 0 aliphatic carbocycles. The second-order valence-corrected chi connectivity index (χ2v) is 10.1. The van der Waals surface area contributed by atoms with Crippen LogP contribution in [0.5, 0.6) is 0 Å². The summed E-state index contributed by atoms with van der Waals surface area (Å²) in [5.74, 6) is 0.0992. The minimum atomic E-state index is -0.541. The quantitative estimate of drug-likeness (QED) is 0.764. The summed E-state index contributed by atoms with van der Waals surface area (Å²) < 4.78 is 17.4. The van der Waals surface area contributed by atoms with Gasteiger partial charge in [-0.2, -0.15) is 0 Å². The fourth-order valence-corrected chi connectivity index (χ4v) is 3.50. The van der Waals surface area contributed by atoms with Gasteiger partial charge in [-0.15, -0.1) is 0 Å². The summed E-state index contributed by atoms with van der Waals surface area (Å²) in [6.45, 7) is 14.5. The minimum Gasteiger partial charge on any atom is -0.444 e. The maximum atomic E-state index is 12.5. The first-order valence-corrected chi connectivity index (χ1v) is 10.5. The first kappa shape index (κ1) is 22.6. The van der Waals surface area contributed by atoms with Crippen LogP contribution in [0.3, 0.4) is 0 Å². The molecule has 0 aromatic heterocycles. The number of carbonyl (C=O) groups is 2. The van der Waals surface area contributed by atoms with E-state index in [0.29, 0.717) is 19.5 Å². The molecule has 2 amide bonds.